The Morgan fingerprint density at radius 3 is 1.81 bits per heavy atom. The third kappa shape index (κ3) is 5.85. The van der Waals surface area contributed by atoms with Gasteiger partial charge in [0.05, 0.1) is 33.7 Å². The van der Waals surface area contributed by atoms with Gasteiger partial charge in [0.2, 0.25) is 0 Å². The molecule has 0 spiro atoms. The molecule has 1 heterocycles. The van der Waals surface area contributed by atoms with Crippen molar-refractivity contribution in [2.75, 3.05) is 28.4 Å². The van der Waals surface area contributed by atoms with Crippen molar-refractivity contribution in [3.05, 3.63) is 42.8 Å². The smallest absolute Gasteiger partial charge is 0.316 e. The van der Waals surface area contributed by atoms with Gasteiger partial charge in [-0.3, -0.25) is 4.79 Å². The number of carbonyl (C=O) groups is 1. The van der Waals surface area contributed by atoms with Crippen LogP contribution in [0, 0.1) is 0 Å². The molecule has 166 valence electrons. The van der Waals surface area contributed by atoms with Gasteiger partial charge in [-0.25, -0.2) is 4.98 Å². The zero-order chi connectivity index (χ0) is 23.0. The van der Waals surface area contributed by atoms with Crippen LogP contribution in [-0.4, -0.2) is 49.7 Å². The van der Waals surface area contributed by atoms with E-state index >= 15 is 0 Å². The first-order valence-electron chi connectivity index (χ1n) is 9.15. The molecular formula is C22H25NO7S. The normalized spacial score (nSPS) is 11.0. The van der Waals surface area contributed by atoms with Crippen LogP contribution in [0.2, 0.25) is 0 Å². The number of carboxylic acid groups (broad SMARTS) is 1. The van der Waals surface area contributed by atoms with Crippen LogP contribution in [0.15, 0.2) is 47.2 Å². The van der Waals surface area contributed by atoms with Crippen LogP contribution in [0.4, 0.5) is 0 Å². The molecular weight excluding hydrogens is 422 g/mol. The molecule has 0 amide bonds. The molecule has 0 aliphatic heterocycles. The van der Waals surface area contributed by atoms with Crippen LogP contribution in [0.25, 0.3) is 22.6 Å². The van der Waals surface area contributed by atoms with Gasteiger partial charge < -0.3 is 28.5 Å². The number of nitrogens with zero attached hydrogens (tertiary/aromatic N) is 1. The number of carboxylic acids is 1. The number of aliphatic carboxylic acids is 1. The molecule has 3 rings (SSSR count). The van der Waals surface area contributed by atoms with Gasteiger partial charge in [0.1, 0.15) is 5.69 Å². The fourth-order valence-electron chi connectivity index (χ4n) is 2.62. The molecule has 3 aromatic rings. The minimum absolute atomic E-state index is 0.537. The molecule has 0 saturated carbocycles. The van der Waals surface area contributed by atoms with Gasteiger partial charge in [-0.1, -0.05) is 0 Å². The minimum Gasteiger partial charge on any atom is -0.493 e. The summed E-state index contributed by atoms with van der Waals surface area (Å²) in [5, 5.41) is 7.38. The van der Waals surface area contributed by atoms with Crippen molar-refractivity contribution in [1.29, 1.82) is 0 Å². The third-order valence-electron chi connectivity index (χ3n) is 4.23. The topological polar surface area (TPSA) is 100 Å². The van der Waals surface area contributed by atoms with E-state index in [1.807, 2.05) is 36.4 Å². The Labute approximate surface area is 186 Å². The molecule has 9 heteroatoms. The summed E-state index contributed by atoms with van der Waals surface area (Å²) >= 11 is 3.59. The highest BCUT2D eigenvalue weighted by Crippen LogP contribution is 2.38. The monoisotopic (exact) mass is 447 g/mol. The molecule has 0 aliphatic rings. The van der Waals surface area contributed by atoms with E-state index in [2.05, 4.69) is 17.6 Å². The number of hydrogen-bond donors (Lipinski definition) is 2. The maximum absolute atomic E-state index is 9.62. The Morgan fingerprint density at radius 1 is 0.903 bits per heavy atom. The Bertz CT molecular complexity index is 947. The molecule has 0 aliphatic carbocycles. The number of benzene rings is 2. The number of aromatic nitrogens is 1. The van der Waals surface area contributed by atoms with Crippen molar-refractivity contribution in [3.8, 4) is 45.6 Å². The molecule has 1 unspecified atom stereocenters. The highest BCUT2D eigenvalue weighted by Gasteiger charge is 2.17. The van der Waals surface area contributed by atoms with E-state index in [1.165, 1.54) is 13.3 Å². The molecule has 8 nitrogen and oxygen atoms in total. The Balaban J connectivity index is 0.000000501. The van der Waals surface area contributed by atoms with Gasteiger partial charge in [0.15, 0.2) is 35.2 Å². The van der Waals surface area contributed by atoms with Crippen molar-refractivity contribution < 1.29 is 33.3 Å². The standard InChI is InChI=1S/C19H19NO5.C3H6O2S/c1-21-14-7-5-12(9-16(14)23-3)18-19(25-11-20-18)13-6-8-15(22-2)17(10-13)24-4;1-2(6)3(4)5/h5-11H,1-4H3;2,6H,1H3,(H,4,5). The predicted octanol–water partition coefficient (Wildman–Crippen LogP) is 4.43. The first kappa shape index (κ1) is 23.9. The molecule has 1 N–H and O–H groups in total. The van der Waals surface area contributed by atoms with Gasteiger partial charge in [-0.15, -0.1) is 0 Å². The highest BCUT2D eigenvalue weighted by atomic mass is 32.1. The average Bonchev–Trinajstić information content (AvgIpc) is 3.28. The number of thiol groups is 1. The van der Waals surface area contributed by atoms with E-state index < -0.39 is 11.2 Å². The van der Waals surface area contributed by atoms with Crippen LogP contribution < -0.4 is 18.9 Å². The summed E-state index contributed by atoms with van der Waals surface area (Å²) in [4.78, 5) is 14.0. The summed E-state index contributed by atoms with van der Waals surface area (Å²) in [5.41, 5.74) is 2.39. The van der Waals surface area contributed by atoms with Crippen molar-refractivity contribution in [2.24, 2.45) is 0 Å². The van der Waals surface area contributed by atoms with E-state index in [9.17, 15) is 4.79 Å². The zero-order valence-electron chi connectivity index (χ0n) is 17.9. The van der Waals surface area contributed by atoms with E-state index in [0.717, 1.165) is 11.1 Å². The largest absolute Gasteiger partial charge is 0.493 e. The highest BCUT2D eigenvalue weighted by molar-refractivity contribution is 7.81. The second-order valence-corrected chi connectivity index (χ2v) is 6.96. The average molecular weight is 448 g/mol. The molecule has 0 fully saturated rings. The Morgan fingerprint density at radius 2 is 1.35 bits per heavy atom. The molecule has 0 saturated heterocycles. The predicted molar refractivity (Wildman–Crippen MR) is 120 cm³/mol. The molecule has 0 bridgehead atoms. The third-order valence-corrected chi connectivity index (χ3v) is 4.45. The van der Waals surface area contributed by atoms with Gasteiger partial charge in [-0.05, 0) is 43.3 Å². The van der Waals surface area contributed by atoms with Crippen molar-refractivity contribution in [1.82, 2.24) is 4.98 Å². The summed E-state index contributed by atoms with van der Waals surface area (Å²) in [6.07, 6.45) is 1.41. The van der Waals surface area contributed by atoms with Gasteiger partial charge in [0.25, 0.3) is 0 Å². The van der Waals surface area contributed by atoms with Gasteiger partial charge in [0, 0.05) is 11.1 Å². The molecule has 1 aromatic heterocycles. The van der Waals surface area contributed by atoms with E-state index in [4.69, 9.17) is 28.5 Å². The Hall–Kier alpha value is -3.33. The summed E-state index contributed by atoms with van der Waals surface area (Å²) in [6.45, 7) is 1.51. The maximum atomic E-state index is 9.62. The zero-order valence-corrected chi connectivity index (χ0v) is 18.8. The SMILES string of the molecule is CC(S)C(=O)O.COc1ccc(-c2ncoc2-c2ccc(OC)c(OC)c2)cc1OC. The lowest BCUT2D eigenvalue weighted by Crippen LogP contribution is -2.06. The van der Waals surface area contributed by atoms with Crippen LogP contribution in [0.1, 0.15) is 6.92 Å². The molecule has 31 heavy (non-hydrogen) atoms. The van der Waals surface area contributed by atoms with Crippen LogP contribution in [0.5, 0.6) is 23.0 Å². The van der Waals surface area contributed by atoms with E-state index in [1.54, 1.807) is 28.4 Å². The summed E-state index contributed by atoms with van der Waals surface area (Å²) in [6, 6.07) is 11.2. The van der Waals surface area contributed by atoms with Crippen molar-refractivity contribution >= 4 is 18.6 Å². The number of ether oxygens (including phenoxy) is 4. The minimum atomic E-state index is -0.877. The first-order valence-corrected chi connectivity index (χ1v) is 9.67. The van der Waals surface area contributed by atoms with Gasteiger partial charge in [-0.2, -0.15) is 12.6 Å². The lowest BCUT2D eigenvalue weighted by atomic mass is 10.0. The second kappa shape index (κ2) is 11.2. The van der Waals surface area contributed by atoms with E-state index in [0.29, 0.717) is 34.5 Å². The maximum Gasteiger partial charge on any atom is 0.316 e. The van der Waals surface area contributed by atoms with Crippen LogP contribution in [-0.2, 0) is 4.79 Å². The van der Waals surface area contributed by atoms with Gasteiger partial charge >= 0.3 is 5.97 Å². The fourth-order valence-corrected chi connectivity index (χ4v) is 2.62. The quantitative estimate of drug-likeness (QED) is 0.513. The first-order chi connectivity index (χ1) is 14.9. The van der Waals surface area contributed by atoms with Crippen molar-refractivity contribution in [2.45, 2.75) is 12.2 Å². The lowest BCUT2D eigenvalue weighted by molar-refractivity contribution is -0.136. The number of oxazole rings is 1. The van der Waals surface area contributed by atoms with E-state index in [-0.39, 0.29) is 0 Å². The summed E-state index contributed by atoms with van der Waals surface area (Å²) in [5.74, 6) is 2.31. The van der Waals surface area contributed by atoms with Crippen molar-refractivity contribution in [3.63, 3.8) is 0 Å². The molecule has 1 atom stereocenters. The summed E-state index contributed by atoms with van der Waals surface area (Å²) < 4.78 is 26.9. The lowest BCUT2D eigenvalue weighted by Gasteiger charge is -2.10. The second-order valence-electron chi connectivity index (χ2n) is 6.18. The van der Waals surface area contributed by atoms with Crippen LogP contribution >= 0.6 is 12.6 Å². The number of methoxy groups -OCH3 is 4. The number of rotatable bonds is 7. The van der Waals surface area contributed by atoms with Crippen LogP contribution in [0.3, 0.4) is 0 Å². The summed E-state index contributed by atoms with van der Waals surface area (Å²) in [7, 11) is 6.39. The number of hydrogen-bond acceptors (Lipinski definition) is 8. The molecule has 2 aromatic carbocycles. The molecule has 0 radical (unpaired) electrons. The Kier molecular flexibility index (Phi) is 8.63. The fraction of sp³-hybridized carbons (Fsp3) is 0.273.